The summed E-state index contributed by atoms with van der Waals surface area (Å²) in [7, 11) is 0. The van der Waals surface area contributed by atoms with Crippen molar-refractivity contribution in [3.05, 3.63) is 35.4 Å². The molecule has 1 fully saturated rings. The topological polar surface area (TPSA) is 66.4 Å². The molecule has 1 aliphatic rings. The van der Waals surface area contributed by atoms with E-state index in [0.29, 0.717) is 16.6 Å². The molecule has 6 heteroatoms. The third-order valence-corrected chi connectivity index (χ3v) is 6.78. The van der Waals surface area contributed by atoms with Gasteiger partial charge in [-0.15, -0.1) is 23.5 Å². The zero-order valence-corrected chi connectivity index (χ0v) is 14.9. The van der Waals surface area contributed by atoms with Crippen LogP contribution in [-0.2, 0) is 4.79 Å². The number of carboxylic acids is 1. The highest BCUT2D eigenvalue weighted by Gasteiger charge is 2.19. The van der Waals surface area contributed by atoms with Crippen molar-refractivity contribution in [1.29, 1.82) is 0 Å². The third kappa shape index (κ3) is 5.46. The second-order valence-electron chi connectivity index (χ2n) is 5.58. The van der Waals surface area contributed by atoms with E-state index in [-0.39, 0.29) is 12.5 Å². The van der Waals surface area contributed by atoms with Crippen LogP contribution in [0.4, 0.5) is 0 Å². The molecule has 1 aromatic carbocycles. The molecule has 0 aromatic heterocycles. The highest BCUT2D eigenvalue weighted by molar-refractivity contribution is 8.16. The zero-order chi connectivity index (χ0) is 16.7. The number of thioether (sulfide) groups is 2. The van der Waals surface area contributed by atoms with Gasteiger partial charge >= 0.3 is 5.97 Å². The highest BCUT2D eigenvalue weighted by atomic mass is 32.2. The summed E-state index contributed by atoms with van der Waals surface area (Å²) in [6.07, 6.45) is 2.62. The van der Waals surface area contributed by atoms with Crippen LogP contribution in [0, 0.1) is 5.92 Å². The molecule has 126 valence electrons. The standard InChI is InChI=1S/C17H23NO3S2/c1-2-4-14(16(20)21)11-18-15(19)12-5-7-13(8-6-12)17-22-9-3-10-23-17/h5-8,14,17H,2-4,9-11H2,1H3,(H,18,19)(H,20,21). The number of carbonyl (C=O) groups is 2. The van der Waals surface area contributed by atoms with Crippen LogP contribution < -0.4 is 5.32 Å². The Labute approximate surface area is 145 Å². The van der Waals surface area contributed by atoms with Crippen molar-refractivity contribution in [3.63, 3.8) is 0 Å². The average Bonchev–Trinajstić information content (AvgIpc) is 2.59. The molecule has 1 unspecified atom stereocenters. The Morgan fingerprint density at radius 1 is 1.26 bits per heavy atom. The summed E-state index contributed by atoms with van der Waals surface area (Å²) < 4.78 is 0.460. The SMILES string of the molecule is CCCC(CNC(=O)c1ccc(C2SCCCS2)cc1)C(=O)O. The van der Waals surface area contributed by atoms with Gasteiger partial charge in [-0.05, 0) is 42.0 Å². The fraction of sp³-hybridized carbons (Fsp3) is 0.529. The zero-order valence-electron chi connectivity index (χ0n) is 13.3. The van der Waals surface area contributed by atoms with Crippen LogP contribution >= 0.6 is 23.5 Å². The van der Waals surface area contributed by atoms with E-state index < -0.39 is 11.9 Å². The van der Waals surface area contributed by atoms with E-state index in [1.54, 1.807) is 0 Å². The van der Waals surface area contributed by atoms with Gasteiger partial charge in [0.1, 0.15) is 0 Å². The molecule has 1 aliphatic heterocycles. The van der Waals surface area contributed by atoms with Crippen LogP contribution in [0.5, 0.6) is 0 Å². The minimum atomic E-state index is -0.853. The molecule has 0 bridgehead atoms. The Hall–Kier alpha value is -1.14. The minimum absolute atomic E-state index is 0.179. The largest absolute Gasteiger partial charge is 0.481 e. The van der Waals surface area contributed by atoms with Crippen LogP contribution in [0.2, 0.25) is 0 Å². The summed E-state index contributed by atoms with van der Waals surface area (Å²) in [4.78, 5) is 23.3. The van der Waals surface area contributed by atoms with Crippen LogP contribution in [0.1, 0.15) is 46.7 Å². The first kappa shape index (κ1) is 18.2. The van der Waals surface area contributed by atoms with Crippen LogP contribution in [0.15, 0.2) is 24.3 Å². The molecule has 2 rings (SSSR count). The lowest BCUT2D eigenvalue weighted by Gasteiger charge is -2.21. The quantitative estimate of drug-likeness (QED) is 0.781. The summed E-state index contributed by atoms with van der Waals surface area (Å²) in [5.74, 6) is 0.803. The number of benzene rings is 1. The van der Waals surface area contributed by atoms with Crippen molar-refractivity contribution in [2.45, 2.75) is 30.8 Å². The maximum absolute atomic E-state index is 12.1. The molecule has 1 atom stereocenters. The number of aliphatic carboxylic acids is 1. The highest BCUT2D eigenvalue weighted by Crippen LogP contribution is 2.43. The molecule has 0 radical (unpaired) electrons. The number of amides is 1. The van der Waals surface area contributed by atoms with Crippen molar-refractivity contribution in [2.24, 2.45) is 5.92 Å². The molecule has 1 amide bonds. The maximum atomic E-state index is 12.1. The van der Waals surface area contributed by atoms with E-state index in [9.17, 15) is 9.59 Å². The van der Waals surface area contributed by atoms with Gasteiger partial charge in [-0.1, -0.05) is 25.5 Å². The van der Waals surface area contributed by atoms with Crippen LogP contribution in [0.25, 0.3) is 0 Å². The van der Waals surface area contributed by atoms with Crippen molar-refractivity contribution < 1.29 is 14.7 Å². The Morgan fingerprint density at radius 2 is 1.91 bits per heavy atom. The first-order chi connectivity index (χ1) is 11.1. The second kappa shape index (κ2) is 9.23. The van der Waals surface area contributed by atoms with Gasteiger partial charge in [0.15, 0.2) is 0 Å². The minimum Gasteiger partial charge on any atom is -0.481 e. The van der Waals surface area contributed by atoms with Gasteiger partial charge in [0.2, 0.25) is 0 Å². The summed E-state index contributed by atoms with van der Waals surface area (Å²) >= 11 is 3.90. The van der Waals surface area contributed by atoms with E-state index >= 15 is 0 Å². The predicted octanol–water partition coefficient (Wildman–Crippen LogP) is 3.79. The van der Waals surface area contributed by atoms with E-state index in [2.05, 4.69) is 5.32 Å². The summed E-state index contributed by atoms with van der Waals surface area (Å²) in [5, 5.41) is 11.8. The van der Waals surface area contributed by atoms with Gasteiger partial charge in [0, 0.05) is 12.1 Å². The van der Waals surface area contributed by atoms with Crippen molar-refractivity contribution in [3.8, 4) is 0 Å². The summed E-state index contributed by atoms with van der Waals surface area (Å²) in [5.41, 5.74) is 1.82. The van der Waals surface area contributed by atoms with Gasteiger partial charge in [0.25, 0.3) is 5.91 Å². The van der Waals surface area contributed by atoms with Gasteiger partial charge in [-0.3, -0.25) is 9.59 Å². The lowest BCUT2D eigenvalue weighted by molar-refractivity contribution is -0.141. The average molecular weight is 354 g/mol. The summed E-state index contributed by atoms with van der Waals surface area (Å²) in [6.45, 7) is 2.12. The van der Waals surface area contributed by atoms with Gasteiger partial charge in [0.05, 0.1) is 10.5 Å². The lowest BCUT2D eigenvalue weighted by atomic mass is 10.0. The molecule has 4 nitrogen and oxygen atoms in total. The molecule has 2 N–H and O–H groups in total. The van der Waals surface area contributed by atoms with Crippen molar-refractivity contribution in [2.75, 3.05) is 18.1 Å². The van der Waals surface area contributed by atoms with Gasteiger partial charge < -0.3 is 10.4 Å². The molecule has 0 aliphatic carbocycles. The molecule has 23 heavy (non-hydrogen) atoms. The fourth-order valence-electron chi connectivity index (χ4n) is 2.45. The van der Waals surface area contributed by atoms with Crippen molar-refractivity contribution >= 4 is 35.4 Å². The molecule has 1 saturated heterocycles. The number of rotatable bonds is 7. The van der Waals surface area contributed by atoms with Gasteiger partial charge in [-0.25, -0.2) is 0 Å². The molecular formula is C17H23NO3S2. The maximum Gasteiger partial charge on any atom is 0.308 e. The second-order valence-corrected chi connectivity index (χ2v) is 8.31. The monoisotopic (exact) mass is 353 g/mol. The number of carbonyl (C=O) groups excluding carboxylic acids is 1. The van der Waals surface area contributed by atoms with Crippen molar-refractivity contribution in [1.82, 2.24) is 5.32 Å². The number of nitrogens with one attached hydrogen (secondary N) is 1. The predicted molar refractivity (Wildman–Crippen MR) is 97.1 cm³/mol. The third-order valence-electron chi connectivity index (χ3n) is 3.77. The molecule has 1 aromatic rings. The van der Waals surface area contributed by atoms with E-state index in [4.69, 9.17) is 5.11 Å². The number of carboxylic acid groups (broad SMARTS) is 1. The Balaban J connectivity index is 1.90. The Bertz CT molecular complexity index is 527. The Morgan fingerprint density at radius 3 is 2.48 bits per heavy atom. The number of hydrogen-bond acceptors (Lipinski definition) is 4. The molecular weight excluding hydrogens is 330 g/mol. The van der Waals surface area contributed by atoms with E-state index in [0.717, 1.165) is 6.42 Å². The smallest absolute Gasteiger partial charge is 0.308 e. The fourth-order valence-corrected chi connectivity index (χ4v) is 5.35. The first-order valence-electron chi connectivity index (χ1n) is 7.96. The van der Waals surface area contributed by atoms with Gasteiger partial charge in [-0.2, -0.15) is 0 Å². The van der Waals surface area contributed by atoms with E-state index in [1.165, 1.54) is 23.5 Å². The van der Waals surface area contributed by atoms with Crippen LogP contribution in [-0.4, -0.2) is 35.0 Å². The molecule has 0 saturated carbocycles. The van der Waals surface area contributed by atoms with Crippen LogP contribution in [0.3, 0.4) is 0 Å². The molecule has 1 heterocycles. The first-order valence-corrected chi connectivity index (χ1v) is 10.1. The number of hydrogen-bond donors (Lipinski definition) is 2. The lowest BCUT2D eigenvalue weighted by Crippen LogP contribution is -2.32. The summed E-state index contributed by atoms with van der Waals surface area (Å²) in [6, 6.07) is 7.67. The normalized spacial score (nSPS) is 16.7. The Kier molecular flexibility index (Phi) is 7.30. The van der Waals surface area contributed by atoms with E-state index in [1.807, 2.05) is 54.7 Å². The molecule has 0 spiro atoms.